The zero-order valence-electron chi connectivity index (χ0n) is 8.74. The molecule has 3 nitrogen and oxygen atoms in total. The molecule has 0 heterocycles. The van der Waals surface area contributed by atoms with Gasteiger partial charge in [-0.05, 0) is 12.8 Å². The van der Waals surface area contributed by atoms with Gasteiger partial charge in [0.2, 0.25) is 0 Å². The van der Waals surface area contributed by atoms with Crippen molar-refractivity contribution in [1.29, 1.82) is 0 Å². The Morgan fingerprint density at radius 3 is 2.13 bits per heavy atom. The third kappa shape index (κ3) is 4.30. The summed E-state index contributed by atoms with van der Waals surface area (Å²) in [5.74, 6) is -1.41. The molecule has 0 radical (unpaired) electrons. The van der Waals surface area contributed by atoms with E-state index < -0.39 is 11.3 Å². The Labute approximate surface area is 94.7 Å². The summed E-state index contributed by atoms with van der Waals surface area (Å²) < 4.78 is 4.40. The van der Waals surface area contributed by atoms with Crippen molar-refractivity contribution in [3.63, 3.8) is 0 Å². The Morgan fingerprint density at radius 1 is 1.33 bits per heavy atom. The Morgan fingerprint density at radius 2 is 1.80 bits per heavy atom. The summed E-state index contributed by atoms with van der Waals surface area (Å²) in [4.78, 5) is 22.7. The smallest absolute Gasteiger partial charge is 0.331 e. The molecule has 0 aliphatic heterocycles. The number of allylic oxidation sites excluding steroid dienone is 2. The number of carbonyl (C=O) groups is 2. The minimum Gasteiger partial charge on any atom is -0.468 e. The van der Waals surface area contributed by atoms with E-state index in [1.54, 1.807) is 12.2 Å². The maximum atomic E-state index is 11.7. The Bertz CT molecular complexity index is 251. The molecule has 0 aliphatic carbocycles. The van der Waals surface area contributed by atoms with Crippen molar-refractivity contribution in [3.8, 4) is 0 Å². The lowest BCUT2D eigenvalue weighted by atomic mass is 9.94. The molecule has 0 N–H and O–H groups in total. The number of halogens is 1. The van der Waals surface area contributed by atoms with Crippen LogP contribution in [-0.4, -0.2) is 24.2 Å². The summed E-state index contributed by atoms with van der Waals surface area (Å²) in [6.45, 7) is 7.09. The third-order valence-corrected chi connectivity index (χ3v) is 2.36. The molecule has 0 aliphatic rings. The summed E-state index contributed by atoms with van der Waals surface area (Å²) in [5, 5.41) is -1.24. The molecule has 0 aromatic rings. The highest BCUT2D eigenvalue weighted by Crippen LogP contribution is 2.17. The lowest BCUT2D eigenvalue weighted by Crippen LogP contribution is -2.31. The van der Waals surface area contributed by atoms with Gasteiger partial charge in [0.05, 0.1) is 7.11 Å². The highest BCUT2D eigenvalue weighted by molar-refractivity contribution is 6.41. The predicted octanol–water partition coefficient (Wildman–Crippen LogP) is 2.10. The highest BCUT2D eigenvalue weighted by atomic mass is 35.5. The zero-order chi connectivity index (χ0) is 11.8. The Kier molecular flexibility index (Phi) is 6.71. The van der Waals surface area contributed by atoms with E-state index in [1.165, 1.54) is 7.11 Å². The summed E-state index contributed by atoms with van der Waals surface area (Å²) >= 11 is 5.66. The topological polar surface area (TPSA) is 43.4 Å². The molecule has 15 heavy (non-hydrogen) atoms. The van der Waals surface area contributed by atoms with Gasteiger partial charge < -0.3 is 4.74 Å². The first-order chi connectivity index (χ1) is 7.08. The fourth-order valence-corrected chi connectivity index (χ4v) is 1.42. The number of carbonyl (C=O) groups excluding carboxylic acids is 2. The first-order valence-electron chi connectivity index (χ1n) is 4.55. The summed E-state index contributed by atoms with van der Waals surface area (Å²) in [6, 6.07) is 0. The van der Waals surface area contributed by atoms with Gasteiger partial charge in [-0.2, -0.15) is 0 Å². The number of alkyl halides is 1. The summed E-state index contributed by atoms with van der Waals surface area (Å²) in [5.41, 5.74) is 0. The van der Waals surface area contributed by atoms with Gasteiger partial charge in [-0.1, -0.05) is 12.2 Å². The molecular formula is C11H15ClO3. The van der Waals surface area contributed by atoms with Crippen LogP contribution in [0.5, 0.6) is 0 Å². The van der Waals surface area contributed by atoms with Crippen LogP contribution in [0, 0.1) is 5.92 Å². The SMILES string of the molecule is C=CCC(CC=C)C(=O)C(Cl)C(=O)OC. The number of ketones is 1. The van der Waals surface area contributed by atoms with Crippen LogP contribution < -0.4 is 0 Å². The fourth-order valence-electron chi connectivity index (χ4n) is 1.16. The molecule has 1 atom stereocenters. The van der Waals surface area contributed by atoms with Crippen LogP contribution in [-0.2, 0) is 14.3 Å². The van der Waals surface area contributed by atoms with E-state index in [4.69, 9.17) is 11.6 Å². The second kappa shape index (κ2) is 7.23. The van der Waals surface area contributed by atoms with Gasteiger partial charge in [-0.25, -0.2) is 4.79 Å². The molecule has 0 aromatic heterocycles. The van der Waals surface area contributed by atoms with E-state index >= 15 is 0 Å². The summed E-state index contributed by atoms with van der Waals surface area (Å²) in [7, 11) is 1.20. The number of ether oxygens (including phenoxy) is 1. The van der Waals surface area contributed by atoms with Crippen LogP contribution in [0.15, 0.2) is 25.3 Å². The monoisotopic (exact) mass is 230 g/mol. The molecule has 0 saturated heterocycles. The van der Waals surface area contributed by atoms with E-state index in [1.807, 2.05) is 0 Å². The highest BCUT2D eigenvalue weighted by Gasteiger charge is 2.29. The second-order valence-corrected chi connectivity index (χ2v) is 3.47. The molecule has 0 rings (SSSR count). The fraction of sp³-hybridized carbons (Fsp3) is 0.455. The van der Waals surface area contributed by atoms with E-state index in [0.29, 0.717) is 12.8 Å². The predicted molar refractivity (Wildman–Crippen MR) is 59.8 cm³/mol. The van der Waals surface area contributed by atoms with E-state index in [-0.39, 0.29) is 11.7 Å². The van der Waals surface area contributed by atoms with E-state index in [9.17, 15) is 9.59 Å². The minimum absolute atomic E-state index is 0.344. The van der Waals surface area contributed by atoms with Crippen LogP contribution in [0.1, 0.15) is 12.8 Å². The first kappa shape index (κ1) is 13.9. The van der Waals surface area contributed by atoms with Gasteiger partial charge in [0.15, 0.2) is 11.2 Å². The van der Waals surface area contributed by atoms with Gasteiger partial charge in [-0.3, -0.25) is 4.79 Å². The lowest BCUT2D eigenvalue weighted by molar-refractivity contribution is -0.143. The molecule has 1 unspecified atom stereocenters. The molecule has 0 aromatic carbocycles. The normalized spacial score (nSPS) is 11.9. The van der Waals surface area contributed by atoms with E-state index in [0.717, 1.165) is 0 Å². The molecule has 4 heteroatoms. The average molecular weight is 231 g/mol. The Hall–Kier alpha value is -1.09. The van der Waals surface area contributed by atoms with Gasteiger partial charge in [0.25, 0.3) is 0 Å². The molecule has 0 spiro atoms. The van der Waals surface area contributed by atoms with Crippen LogP contribution in [0.4, 0.5) is 0 Å². The molecule has 84 valence electrons. The quantitative estimate of drug-likeness (QED) is 0.291. The zero-order valence-corrected chi connectivity index (χ0v) is 9.50. The maximum Gasteiger partial charge on any atom is 0.331 e. The lowest BCUT2D eigenvalue weighted by Gasteiger charge is -2.14. The van der Waals surface area contributed by atoms with Crippen LogP contribution in [0.25, 0.3) is 0 Å². The van der Waals surface area contributed by atoms with Crippen LogP contribution >= 0.6 is 11.6 Å². The number of rotatable bonds is 7. The largest absolute Gasteiger partial charge is 0.468 e. The maximum absolute atomic E-state index is 11.7. The molecule has 0 fully saturated rings. The number of esters is 1. The number of Topliss-reactive ketones (excluding diaryl/α,β-unsaturated/α-hetero) is 1. The van der Waals surface area contributed by atoms with Crippen LogP contribution in [0.3, 0.4) is 0 Å². The van der Waals surface area contributed by atoms with Crippen molar-refractivity contribution in [1.82, 2.24) is 0 Å². The molecular weight excluding hydrogens is 216 g/mol. The average Bonchev–Trinajstić information content (AvgIpc) is 2.25. The van der Waals surface area contributed by atoms with Crippen molar-refractivity contribution >= 4 is 23.4 Å². The first-order valence-corrected chi connectivity index (χ1v) is 4.99. The van der Waals surface area contributed by atoms with Crippen molar-refractivity contribution in [2.45, 2.75) is 18.2 Å². The number of hydrogen-bond acceptors (Lipinski definition) is 3. The van der Waals surface area contributed by atoms with Crippen LogP contribution in [0.2, 0.25) is 0 Å². The standard InChI is InChI=1S/C11H15ClO3/c1-4-6-8(7-5-2)10(13)9(12)11(14)15-3/h4-5,8-9H,1-2,6-7H2,3H3. The van der Waals surface area contributed by atoms with Crippen molar-refractivity contribution in [2.75, 3.05) is 7.11 Å². The molecule has 0 bridgehead atoms. The van der Waals surface area contributed by atoms with Gasteiger partial charge in [0, 0.05) is 5.92 Å². The minimum atomic E-state index is -1.24. The molecule has 0 saturated carbocycles. The molecule has 0 amide bonds. The number of hydrogen-bond donors (Lipinski definition) is 0. The van der Waals surface area contributed by atoms with Crippen molar-refractivity contribution < 1.29 is 14.3 Å². The van der Waals surface area contributed by atoms with Crippen molar-refractivity contribution in [3.05, 3.63) is 25.3 Å². The number of methoxy groups -OCH3 is 1. The third-order valence-electron chi connectivity index (χ3n) is 1.96. The van der Waals surface area contributed by atoms with E-state index in [2.05, 4.69) is 17.9 Å². The Balaban J connectivity index is 4.53. The van der Waals surface area contributed by atoms with Crippen molar-refractivity contribution in [2.24, 2.45) is 5.92 Å². The van der Waals surface area contributed by atoms with Gasteiger partial charge in [-0.15, -0.1) is 24.8 Å². The van der Waals surface area contributed by atoms with Gasteiger partial charge in [0.1, 0.15) is 0 Å². The second-order valence-electron chi connectivity index (χ2n) is 3.03. The summed E-state index contributed by atoms with van der Waals surface area (Å²) in [6.07, 6.45) is 4.19. The van der Waals surface area contributed by atoms with Gasteiger partial charge >= 0.3 is 5.97 Å².